The van der Waals surface area contributed by atoms with Crippen molar-refractivity contribution < 1.29 is 4.42 Å². The van der Waals surface area contributed by atoms with Crippen molar-refractivity contribution in [2.24, 2.45) is 0 Å². The third kappa shape index (κ3) is 5.43. The number of hydrogen-bond donors (Lipinski definition) is 0. The molecule has 0 saturated carbocycles. The SMILES string of the molecule is c1ccc(C2(c3ccccc3)c3ccccc3-c3c(N(c4cccc(-c5cccc6ccccc56)c4)c4ccccc4-c4ccc5oc6ccccc6c5c4)cccc32)cc1. The molecule has 0 saturated heterocycles. The van der Waals surface area contributed by atoms with Gasteiger partial charge in [0.25, 0.3) is 0 Å². The van der Waals surface area contributed by atoms with E-state index in [1.807, 2.05) is 12.1 Å². The van der Waals surface area contributed by atoms with Crippen molar-refractivity contribution in [1.29, 1.82) is 0 Å². The van der Waals surface area contributed by atoms with Gasteiger partial charge in [0.15, 0.2) is 0 Å². The number of anilines is 3. The van der Waals surface area contributed by atoms with Crippen LogP contribution in [-0.2, 0) is 5.41 Å². The summed E-state index contributed by atoms with van der Waals surface area (Å²) < 4.78 is 6.31. The van der Waals surface area contributed by atoms with Gasteiger partial charge in [0.05, 0.1) is 16.8 Å². The van der Waals surface area contributed by atoms with E-state index in [1.54, 1.807) is 0 Å². The first-order chi connectivity index (χ1) is 30.3. The number of nitrogens with zero attached hydrogens (tertiary/aromatic N) is 1. The fraction of sp³-hybridized carbons (Fsp3) is 0.0169. The highest BCUT2D eigenvalue weighted by atomic mass is 16.3. The summed E-state index contributed by atoms with van der Waals surface area (Å²) in [5.74, 6) is 0. The molecule has 2 heteroatoms. The van der Waals surface area contributed by atoms with Crippen LogP contribution in [0.2, 0.25) is 0 Å². The van der Waals surface area contributed by atoms with Crippen LogP contribution in [-0.4, -0.2) is 0 Å². The molecule has 1 aliphatic carbocycles. The number of benzene rings is 10. The van der Waals surface area contributed by atoms with E-state index in [4.69, 9.17) is 4.42 Å². The lowest BCUT2D eigenvalue weighted by Gasteiger charge is -2.34. The molecule has 0 unspecified atom stereocenters. The minimum atomic E-state index is -0.534. The summed E-state index contributed by atoms with van der Waals surface area (Å²) in [5.41, 5.74) is 16.7. The Labute approximate surface area is 355 Å². The first-order valence-corrected chi connectivity index (χ1v) is 21.0. The summed E-state index contributed by atoms with van der Waals surface area (Å²) in [6.45, 7) is 0. The Morgan fingerprint density at radius 2 is 0.918 bits per heavy atom. The molecule has 11 aromatic rings. The van der Waals surface area contributed by atoms with Gasteiger partial charge in [-0.25, -0.2) is 0 Å². The summed E-state index contributed by atoms with van der Waals surface area (Å²) in [6.07, 6.45) is 0. The highest BCUT2D eigenvalue weighted by Crippen LogP contribution is 2.60. The zero-order valence-corrected chi connectivity index (χ0v) is 33.4. The Kier molecular flexibility index (Phi) is 8.11. The smallest absolute Gasteiger partial charge is 0.135 e. The van der Waals surface area contributed by atoms with Crippen LogP contribution < -0.4 is 4.90 Å². The number of fused-ring (bicyclic) bond motifs is 7. The molecular weight excluding hydrogens is 739 g/mol. The van der Waals surface area contributed by atoms with Gasteiger partial charge in [0, 0.05) is 27.6 Å². The van der Waals surface area contributed by atoms with E-state index in [1.165, 1.54) is 55.3 Å². The molecule has 0 spiro atoms. The van der Waals surface area contributed by atoms with Gasteiger partial charge in [-0.3, -0.25) is 0 Å². The van der Waals surface area contributed by atoms with Gasteiger partial charge in [0.1, 0.15) is 11.2 Å². The fourth-order valence-electron chi connectivity index (χ4n) is 10.2. The van der Waals surface area contributed by atoms with Gasteiger partial charge >= 0.3 is 0 Å². The predicted octanol–water partition coefficient (Wildman–Crippen LogP) is 15.9. The molecule has 0 fully saturated rings. The lowest BCUT2D eigenvalue weighted by atomic mass is 9.68. The van der Waals surface area contributed by atoms with E-state index in [0.717, 1.165) is 50.1 Å². The standard InChI is InChI=1S/C59H39NO/c1-3-21-43(22-4-1)59(44-23-5-2-6-24-44)52-31-12-9-29-50(52)58-53(59)32-17-34-55(58)60(45-25-15-20-41(38-45)47-30-16-19-40-18-7-8-26-46(40)47)54-33-13-10-27-48(54)42-36-37-57-51(39-42)49-28-11-14-35-56(49)61-57/h1-39H. The average Bonchev–Trinajstić information content (AvgIpc) is 3.86. The molecule has 1 aliphatic rings. The molecule has 0 atom stereocenters. The molecule has 2 nitrogen and oxygen atoms in total. The second-order valence-electron chi connectivity index (χ2n) is 16.0. The van der Waals surface area contributed by atoms with Crippen LogP contribution in [0.15, 0.2) is 241 Å². The molecule has 286 valence electrons. The third-order valence-electron chi connectivity index (χ3n) is 12.7. The molecule has 0 aliphatic heterocycles. The van der Waals surface area contributed by atoms with Crippen molar-refractivity contribution in [2.75, 3.05) is 4.90 Å². The van der Waals surface area contributed by atoms with E-state index in [9.17, 15) is 0 Å². The lowest BCUT2D eigenvalue weighted by Crippen LogP contribution is -2.28. The van der Waals surface area contributed by atoms with Crippen LogP contribution in [0.1, 0.15) is 22.3 Å². The molecule has 1 aromatic heterocycles. The quantitative estimate of drug-likeness (QED) is 0.160. The van der Waals surface area contributed by atoms with E-state index >= 15 is 0 Å². The third-order valence-corrected chi connectivity index (χ3v) is 12.7. The van der Waals surface area contributed by atoms with Crippen molar-refractivity contribution in [1.82, 2.24) is 0 Å². The van der Waals surface area contributed by atoms with Crippen LogP contribution in [0.5, 0.6) is 0 Å². The summed E-state index contributed by atoms with van der Waals surface area (Å²) in [6, 6.07) is 86.2. The first kappa shape index (κ1) is 35.0. The van der Waals surface area contributed by atoms with Crippen molar-refractivity contribution in [2.45, 2.75) is 5.41 Å². The topological polar surface area (TPSA) is 16.4 Å². The Morgan fingerprint density at radius 3 is 1.75 bits per heavy atom. The number of rotatable bonds is 7. The molecule has 0 N–H and O–H groups in total. The number of furan rings is 1. The Balaban J connectivity index is 1.16. The average molecular weight is 778 g/mol. The second-order valence-corrected chi connectivity index (χ2v) is 16.0. The van der Waals surface area contributed by atoms with E-state index in [2.05, 4.69) is 229 Å². The Bertz CT molecular complexity index is 3390. The molecule has 61 heavy (non-hydrogen) atoms. The summed E-state index contributed by atoms with van der Waals surface area (Å²) in [4.78, 5) is 2.50. The molecule has 0 bridgehead atoms. The van der Waals surface area contributed by atoms with Gasteiger partial charge in [-0.2, -0.15) is 0 Å². The van der Waals surface area contributed by atoms with E-state index < -0.39 is 5.41 Å². The zero-order chi connectivity index (χ0) is 40.3. The zero-order valence-electron chi connectivity index (χ0n) is 33.4. The van der Waals surface area contributed by atoms with Gasteiger partial charge in [0.2, 0.25) is 0 Å². The Morgan fingerprint density at radius 1 is 0.344 bits per heavy atom. The summed E-state index contributed by atoms with van der Waals surface area (Å²) >= 11 is 0. The minimum Gasteiger partial charge on any atom is -0.456 e. The van der Waals surface area contributed by atoms with Gasteiger partial charge < -0.3 is 9.32 Å². The second kappa shape index (κ2) is 14.1. The molecule has 0 amide bonds. The van der Waals surface area contributed by atoms with Crippen LogP contribution in [0.3, 0.4) is 0 Å². The molecule has 0 radical (unpaired) electrons. The van der Waals surface area contributed by atoms with Crippen molar-refractivity contribution in [3.63, 3.8) is 0 Å². The van der Waals surface area contributed by atoms with Crippen LogP contribution in [0.25, 0.3) is 66.1 Å². The lowest BCUT2D eigenvalue weighted by molar-refractivity contribution is 0.669. The predicted molar refractivity (Wildman–Crippen MR) is 254 cm³/mol. The van der Waals surface area contributed by atoms with Crippen LogP contribution in [0, 0.1) is 0 Å². The van der Waals surface area contributed by atoms with E-state index in [-0.39, 0.29) is 0 Å². The highest BCUT2D eigenvalue weighted by Gasteiger charge is 2.47. The Hall–Kier alpha value is -7.94. The highest BCUT2D eigenvalue weighted by molar-refractivity contribution is 6.07. The molecule has 12 rings (SSSR count). The van der Waals surface area contributed by atoms with Gasteiger partial charge in [-0.05, 0) is 97.7 Å². The fourth-order valence-corrected chi connectivity index (χ4v) is 10.2. The number of para-hydroxylation sites is 2. The maximum absolute atomic E-state index is 6.31. The first-order valence-electron chi connectivity index (χ1n) is 21.0. The van der Waals surface area contributed by atoms with Crippen LogP contribution >= 0.6 is 0 Å². The van der Waals surface area contributed by atoms with Crippen LogP contribution in [0.4, 0.5) is 17.1 Å². The summed E-state index contributed by atoms with van der Waals surface area (Å²) in [5, 5.41) is 4.69. The van der Waals surface area contributed by atoms with Gasteiger partial charge in [-0.1, -0.05) is 194 Å². The van der Waals surface area contributed by atoms with E-state index in [0.29, 0.717) is 0 Å². The molecular formula is C59H39NO. The van der Waals surface area contributed by atoms with Gasteiger partial charge in [-0.15, -0.1) is 0 Å². The molecule has 1 heterocycles. The van der Waals surface area contributed by atoms with Crippen molar-refractivity contribution >= 4 is 49.8 Å². The normalized spacial score (nSPS) is 12.7. The monoisotopic (exact) mass is 777 g/mol. The maximum Gasteiger partial charge on any atom is 0.135 e. The molecule has 10 aromatic carbocycles. The van der Waals surface area contributed by atoms with Crippen molar-refractivity contribution in [3.8, 4) is 33.4 Å². The largest absolute Gasteiger partial charge is 0.456 e. The minimum absolute atomic E-state index is 0.534. The summed E-state index contributed by atoms with van der Waals surface area (Å²) in [7, 11) is 0. The maximum atomic E-state index is 6.31. The van der Waals surface area contributed by atoms with Crippen molar-refractivity contribution in [3.05, 3.63) is 259 Å². The number of hydrogen-bond acceptors (Lipinski definition) is 2.